The molecule has 0 aromatic heterocycles. The smallest absolute Gasteiger partial charge is 0.179 e. The van der Waals surface area contributed by atoms with Gasteiger partial charge in [0.1, 0.15) is 0 Å². The van der Waals surface area contributed by atoms with E-state index in [1.54, 1.807) is 6.08 Å². The van der Waals surface area contributed by atoms with Gasteiger partial charge in [0, 0.05) is 0 Å². The van der Waals surface area contributed by atoms with E-state index in [0.29, 0.717) is 0 Å². The predicted octanol–water partition coefficient (Wildman–Crippen LogP) is 2.43. The molecule has 9 heavy (non-hydrogen) atoms. The zero-order chi connectivity index (χ0) is 7.28. The summed E-state index contributed by atoms with van der Waals surface area (Å²) in [5.74, 6) is 0.0203. The molecule has 0 aliphatic rings. The maximum Gasteiger partial charge on any atom is 0.179 e. The first-order valence-corrected chi connectivity index (χ1v) is 3.46. The van der Waals surface area contributed by atoms with Crippen LogP contribution in [0.15, 0.2) is 22.7 Å². The predicted molar refractivity (Wildman–Crippen MR) is 42.5 cm³/mol. The molecule has 0 bridgehead atoms. The van der Waals surface area contributed by atoms with Gasteiger partial charge in [0.25, 0.3) is 0 Å². The van der Waals surface area contributed by atoms with Gasteiger partial charge in [-0.15, -0.1) is 0 Å². The largest absolute Gasteiger partial charge is 0.290 e. The summed E-state index contributed by atoms with van der Waals surface area (Å²) >= 11 is 3.15. The van der Waals surface area contributed by atoms with Gasteiger partial charge in [-0.3, -0.25) is 4.79 Å². The van der Waals surface area contributed by atoms with Gasteiger partial charge in [-0.05, 0) is 30.5 Å². The molecule has 0 aromatic rings. The molecule has 0 amide bonds. The molecule has 0 unspecified atom stereocenters. The Morgan fingerprint density at radius 3 is 2.44 bits per heavy atom. The number of allylic oxidation sites excluding steroid dienone is 4. The molecule has 0 N–H and O–H groups in total. The minimum absolute atomic E-state index is 0.0203. The van der Waals surface area contributed by atoms with Crippen LogP contribution in [0, 0.1) is 0 Å². The Labute approximate surface area is 63.6 Å². The van der Waals surface area contributed by atoms with Crippen molar-refractivity contribution in [3.63, 3.8) is 0 Å². The molecule has 0 heterocycles. The molecule has 1 nitrogen and oxygen atoms in total. The van der Waals surface area contributed by atoms with E-state index in [2.05, 4.69) is 15.9 Å². The van der Waals surface area contributed by atoms with Crippen LogP contribution >= 0.6 is 15.9 Å². The van der Waals surface area contributed by atoms with Gasteiger partial charge >= 0.3 is 0 Å². The monoisotopic (exact) mass is 188 g/mol. The fraction of sp³-hybridized carbons (Fsp3) is 0.286. The van der Waals surface area contributed by atoms with E-state index in [1.165, 1.54) is 12.2 Å². The summed E-state index contributed by atoms with van der Waals surface area (Å²) in [5.41, 5.74) is 0. The van der Waals surface area contributed by atoms with Crippen LogP contribution in [0.3, 0.4) is 0 Å². The standard InChI is InChI=1S/C7H9BrO/c1-3-4-7(9)5-6(2)8/h3-5H,1-2H3/b4-3+,6-5-. The second-order valence-corrected chi connectivity index (χ2v) is 2.88. The highest BCUT2D eigenvalue weighted by Gasteiger charge is 1.87. The summed E-state index contributed by atoms with van der Waals surface area (Å²) in [4.78, 5) is 10.7. The van der Waals surface area contributed by atoms with Crippen LogP contribution in [0.5, 0.6) is 0 Å². The van der Waals surface area contributed by atoms with E-state index in [1.807, 2.05) is 13.8 Å². The van der Waals surface area contributed by atoms with Crippen molar-refractivity contribution in [1.29, 1.82) is 0 Å². The SMILES string of the molecule is C/C=C/C(=O)/C=C(/C)Br. The van der Waals surface area contributed by atoms with Crippen LogP contribution in [0.1, 0.15) is 13.8 Å². The molecule has 0 aliphatic heterocycles. The molecule has 0 saturated heterocycles. The van der Waals surface area contributed by atoms with Gasteiger partial charge in [0.05, 0.1) is 0 Å². The number of carbonyl (C=O) groups excluding carboxylic acids is 1. The summed E-state index contributed by atoms with van der Waals surface area (Å²) in [7, 11) is 0. The van der Waals surface area contributed by atoms with E-state index in [9.17, 15) is 4.79 Å². The van der Waals surface area contributed by atoms with Crippen molar-refractivity contribution in [3.8, 4) is 0 Å². The highest BCUT2D eigenvalue weighted by molar-refractivity contribution is 9.11. The lowest BCUT2D eigenvalue weighted by Crippen LogP contribution is -1.83. The first kappa shape index (κ1) is 8.63. The van der Waals surface area contributed by atoms with E-state index < -0.39 is 0 Å². The van der Waals surface area contributed by atoms with Crippen molar-refractivity contribution in [2.24, 2.45) is 0 Å². The number of ketones is 1. The first-order chi connectivity index (χ1) is 4.16. The maximum atomic E-state index is 10.7. The molecule has 0 atom stereocenters. The average molecular weight is 189 g/mol. The Morgan fingerprint density at radius 2 is 2.11 bits per heavy atom. The summed E-state index contributed by atoms with van der Waals surface area (Å²) in [6.45, 7) is 3.64. The van der Waals surface area contributed by atoms with Crippen molar-refractivity contribution in [3.05, 3.63) is 22.7 Å². The lowest BCUT2D eigenvalue weighted by molar-refractivity contribution is -0.110. The third kappa shape index (κ3) is 5.50. The molecule has 2 heteroatoms. The van der Waals surface area contributed by atoms with Crippen molar-refractivity contribution in [1.82, 2.24) is 0 Å². The summed E-state index contributed by atoms with van der Waals surface area (Å²) in [6, 6.07) is 0. The molecular formula is C7H9BrO. The highest BCUT2D eigenvalue weighted by atomic mass is 79.9. The average Bonchev–Trinajstić information content (AvgIpc) is 1.63. The van der Waals surface area contributed by atoms with Gasteiger partial charge < -0.3 is 0 Å². The quantitative estimate of drug-likeness (QED) is 0.609. The molecule has 50 valence electrons. The number of halogens is 1. The fourth-order valence-electron chi connectivity index (χ4n) is 0.408. The lowest BCUT2D eigenvalue weighted by Gasteiger charge is -1.81. The summed E-state index contributed by atoms with van der Waals surface area (Å²) in [5, 5.41) is 0. The zero-order valence-corrected chi connectivity index (χ0v) is 7.10. The van der Waals surface area contributed by atoms with Crippen molar-refractivity contribution >= 4 is 21.7 Å². The van der Waals surface area contributed by atoms with E-state index in [-0.39, 0.29) is 5.78 Å². The molecule has 0 spiro atoms. The number of hydrogen-bond acceptors (Lipinski definition) is 1. The fourth-order valence-corrected chi connectivity index (χ4v) is 0.634. The molecule has 0 rings (SSSR count). The minimum Gasteiger partial charge on any atom is -0.290 e. The number of carbonyl (C=O) groups is 1. The highest BCUT2D eigenvalue weighted by Crippen LogP contribution is 2.01. The third-order valence-corrected chi connectivity index (χ3v) is 0.901. The topological polar surface area (TPSA) is 17.1 Å². The Bertz CT molecular complexity index is 152. The number of rotatable bonds is 2. The molecular weight excluding hydrogens is 180 g/mol. The Morgan fingerprint density at radius 1 is 1.56 bits per heavy atom. The summed E-state index contributed by atoms with van der Waals surface area (Å²) < 4.78 is 0.852. The second-order valence-electron chi connectivity index (χ2n) is 1.63. The van der Waals surface area contributed by atoms with Gasteiger partial charge in [0.15, 0.2) is 5.78 Å². The van der Waals surface area contributed by atoms with Crippen LogP contribution in [0.4, 0.5) is 0 Å². The van der Waals surface area contributed by atoms with E-state index >= 15 is 0 Å². The third-order valence-electron chi connectivity index (χ3n) is 0.672. The van der Waals surface area contributed by atoms with Crippen molar-refractivity contribution in [2.75, 3.05) is 0 Å². The van der Waals surface area contributed by atoms with Crippen LogP contribution in [0.2, 0.25) is 0 Å². The maximum absolute atomic E-state index is 10.7. The first-order valence-electron chi connectivity index (χ1n) is 2.67. The van der Waals surface area contributed by atoms with E-state index in [4.69, 9.17) is 0 Å². The molecule has 0 radical (unpaired) electrons. The Balaban J connectivity index is 3.93. The molecule has 0 aliphatic carbocycles. The molecule has 0 saturated carbocycles. The van der Waals surface area contributed by atoms with Crippen LogP contribution in [-0.2, 0) is 4.79 Å². The van der Waals surface area contributed by atoms with Crippen molar-refractivity contribution in [2.45, 2.75) is 13.8 Å². The summed E-state index contributed by atoms with van der Waals surface area (Å²) in [6.07, 6.45) is 4.76. The van der Waals surface area contributed by atoms with Gasteiger partial charge in [-0.2, -0.15) is 0 Å². The van der Waals surface area contributed by atoms with E-state index in [0.717, 1.165) is 4.48 Å². The normalized spacial score (nSPS) is 12.6. The van der Waals surface area contributed by atoms with Crippen molar-refractivity contribution < 1.29 is 4.79 Å². The van der Waals surface area contributed by atoms with Crippen LogP contribution in [0.25, 0.3) is 0 Å². The lowest BCUT2D eigenvalue weighted by atomic mass is 10.3. The van der Waals surface area contributed by atoms with Crippen LogP contribution in [-0.4, -0.2) is 5.78 Å². The zero-order valence-electron chi connectivity index (χ0n) is 5.52. The Hall–Kier alpha value is -0.370. The number of hydrogen-bond donors (Lipinski definition) is 0. The van der Waals surface area contributed by atoms with Crippen LogP contribution < -0.4 is 0 Å². The Kier molecular flexibility index (Phi) is 4.32. The second kappa shape index (κ2) is 4.50. The van der Waals surface area contributed by atoms with Gasteiger partial charge in [-0.1, -0.05) is 22.0 Å². The minimum atomic E-state index is 0.0203. The van der Waals surface area contributed by atoms with Gasteiger partial charge in [0.2, 0.25) is 0 Å². The molecule has 0 aromatic carbocycles. The van der Waals surface area contributed by atoms with Gasteiger partial charge in [-0.25, -0.2) is 0 Å². The molecule has 0 fully saturated rings.